The Hall–Kier alpha value is -3.33. The normalized spacial score (nSPS) is 16.5. The molecular formula is C18H17N5O4. The van der Waals surface area contributed by atoms with Gasteiger partial charge < -0.3 is 10.1 Å². The summed E-state index contributed by atoms with van der Waals surface area (Å²) in [5.41, 5.74) is 0.978. The van der Waals surface area contributed by atoms with Crippen LogP contribution >= 0.6 is 0 Å². The van der Waals surface area contributed by atoms with Crippen molar-refractivity contribution in [2.24, 2.45) is 0 Å². The van der Waals surface area contributed by atoms with Crippen LogP contribution in [0.4, 0.5) is 11.6 Å². The molecule has 3 heterocycles. The minimum atomic E-state index is -0.470. The molecule has 1 aliphatic rings. The lowest BCUT2D eigenvalue weighted by Gasteiger charge is -2.12. The molecule has 1 unspecified atom stereocenters. The average molecular weight is 367 g/mol. The van der Waals surface area contributed by atoms with E-state index >= 15 is 0 Å². The molecular weight excluding hydrogens is 350 g/mol. The van der Waals surface area contributed by atoms with Crippen molar-refractivity contribution in [1.29, 1.82) is 0 Å². The number of ether oxygens (including phenoxy) is 1. The largest absolute Gasteiger partial charge is 0.376 e. The Labute approximate surface area is 153 Å². The van der Waals surface area contributed by atoms with E-state index in [1.165, 1.54) is 18.3 Å². The molecule has 3 aromatic rings. The molecule has 0 bridgehead atoms. The number of aromatic amines is 1. The van der Waals surface area contributed by atoms with Gasteiger partial charge in [-0.3, -0.25) is 19.9 Å². The van der Waals surface area contributed by atoms with Gasteiger partial charge in [-0.05, 0) is 24.5 Å². The zero-order chi connectivity index (χ0) is 18.8. The van der Waals surface area contributed by atoms with E-state index in [-0.39, 0.29) is 23.0 Å². The predicted molar refractivity (Wildman–Crippen MR) is 99.7 cm³/mol. The van der Waals surface area contributed by atoms with Gasteiger partial charge >= 0.3 is 0 Å². The van der Waals surface area contributed by atoms with Gasteiger partial charge in [-0.25, -0.2) is 4.98 Å². The summed E-state index contributed by atoms with van der Waals surface area (Å²) in [5, 5.41) is 14.4. The maximum absolute atomic E-state index is 12.7. The van der Waals surface area contributed by atoms with Crippen molar-refractivity contribution < 1.29 is 9.66 Å². The predicted octanol–water partition coefficient (Wildman–Crippen LogP) is 2.48. The number of nitro benzene ring substituents is 1. The molecule has 27 heavy (non-hydrogen) atoms. The highest BCUT2D eigenvalue weighted by atomic mass is 16.6. The molecule has 0 aliphatic carbocycles. The first-order valence-corrected chi connectivity index (χ1v) is 8.61. The van der Waals surface area contributed by atoms with Crippen LogP contribution in [0.5, 0.6) is 0 Å². The Morgan fingerprint density at radius 2 is 2.26 bits per heavy atom. The number of non-ortho nitro benzene ring substituents is 1. The SMILES string of the molecule is O=c1[nH]c(NCC2CCCO2)nc2nccc(-c3cccc([N+](=O)[O-])c3)c12. The Balaban J connectivity index is 1.72. The molecule has 1 saturated heterocycles. The zero-order valence-electron chi connectivity index (χ0n) is 14.3. The number of benzene rings is 1. The van der Waals surface area contributed by atoms with Crippen molar-refractivity contribution in [3.8, 4) is 11.1 Å². The zero-order valence-corrected chi connectivity index (χ0v) is 14.3. The monoisotopic (exact) mass is 367 g/mol. The van der Waals surface area contributed by atoms with Crippen LogP contribution in [0.15, 0.2) is 41.3 Å². The van der Waals surface area contributed by atoms with Gasteiger partial charge in [0.05, 0.1) is 16.4 Å². The van der Waals surface area contributed by atoms with Crippen LogP contribution in [0.3, 0.4) is 0 Å². The van der Waals surface area contributed by atoms with Crippen LogP contribution < -0.4 is 10.9 Å². The van der Waals surface area contributed by atoms with Crippen molar-refractivity contribution in [1.82, 2.24) is 15.0 Å². The Bertz CT molecular complexity index is 1060. The summed E-state index contributed by atoms with van der Waals surface area (Å²) in [7, 11) is 0. The summed E-state index contributed by atoms with van der Waals surface area (Å²) in [6, 6.07) is 7.78. The second-order valence-electron chi connectivity index (χ2n) is 6.30. The molecule has 1 atom stereocenters. The summed E-state index contributed by atoms with van der Waals surface area (Å²) in [5.74, 6) is 0.326. The fourth-order valence-corrected chi connectivity index (χ4v) is 3.19. The molecule has 2 N–H and O–H groups in total. The fraction of sp³-hybridized carbons (Fsp3) is 0.278. The number of rotatable bonds is 5. The van der Waals surface area contributed by atoms with Gasteiger partial charge in [0.2, 0.25) is 5.95 Å². The van der Waals surface area contributed by atoms with Crippen LogP contribution in [-0.4, -0.2) is 39.1 Å². The molecule has 0 radical (unpaired) electrons. The topological polar surface area (TPSA) is 123 Å². The van der Waals surface area contributed by atoms with Crippen LogP contribution in [0, 0.1) is 10.1 Å². The van der Waals surface area contributed by atoms with E-state index in [1.54, 1.807) is 18.2 Å². The molecule has 1 aliphatic heterocycles. The average Bonchev–Trinajstić information content (AvgIpc) is 3.19. The number of aromatic nitrogens is 3. The lowest BCUT2D eigenvalue weighted by Crippen LogP contribution is -2.22. The maximum atomic E-state index is 12.7. The number of pyridine rings is 1. The van der Waals surface area contributed by atoms with Crippen LogP contribution in [0.1, 0.15) is 12.8 Å². The summed E-state index contributed by atoms with van der Waals surface area (Å²) in [6.07, 6.45) is 3.64. The molecule has 9 heteroatoms. The van der Waals surface area contributed by atoms with Crippen molar-refractivity contribution in [2.75, 3.05) is 18.5 Å². The number of H-pyrrole nitrogens is 1. The van der Waals surface area contributed by atoms with Crippen molar-refractivity contribution in [2.45, 2.75) is 18.9 Å². The third-order valence-corrected chi connectivity index (χ3v) is 4.50. The number of nitrogens with one attached hydrogen (secondary N) is 2. The van der Waals surface area contributed by atoms with Gasteiger partial charge in [0, 0.05) is 37.0 Å². The van der Waals surface area contributed by atoms with E-state index in [0.29, 0.717) is 29.0 Å². The van der Waals surface area contributed by atoms with E-state index in [4.69, 9.17) is 4.74 Å². The minimum Gasteiger partial charge on any atom is -0.376 e. The summed E-state index contributed by atoms with van der Waals surface area (Å²) in [6.45, 7) is 1.31. The molecule has 9 nitrogen and oxygen atoms in total. The molecule has 0 spiro atoms. The molecule has 0 saturated carbocycles. The summed E-state index contributed by atoms with van der Waals surface area (Å²) in [4.78, 5) is 34.5. The first-order valence-electron chi connectivity index (χ1n) is 8.61. The number of anilines is 1. The van der Waals surface area contributed by atoms with Crippen molar-refractivity contribution >= 4 is 22.7 Å². The number of fused-ring (bicyclic) bond motifs is 1. The van der Waals surface area contributed by atoms with Gasteiger partial charge in [-0.1, -0.05) is 12.1 Å². The van der Waals surface area contributed by atoms with Crippen molar-refractivity contribution in [3.05, 3.63) is 57.0 Å². The van der Waals surface area contributed by atoms with E-state index in [0.717, 1.165) is 19.4 Å². The third-order valence-electron chi connectivity index (χ3n) is 4.50. The van der Waals surface area contributed by atoms with E-state index in [2.05, 4.69) is 20.3 Å². The molecule has 1 fully saturated rings. The van der Waals surface area contributed by atoms with Crippen molar-refractivity contribution in [3.63, 3.8) is 0 Å². The number of nitro groups is 1. The molecule has 1 aromatic carbocycles. The van der Waals surface area contributed by atoms with E-state index < -0.39 is 4.92 Å². The summed E-state index contributed by atoms with van der Waals surface area (Å²) < 4.78 is 5.55. The van der Waals surface area contributed by atoms with E-state index in [9.17, 15) is 14.9 Å². The number of hydrogen-bond acceptors (Lipinski definition) is 7. The van der Waals surface area contributed by atoms with Gasteiger partial charge in [-0.2, -0.15) is 4.98 Å². The minimum absolute atomic E-state index is 0.0447. The van der Waals surface area contributed by atoms with Gasteiger partial charge in [0.15, 0.2) is 5.65 Å². The Kier molecular flexibility index (Phi) is 4.51. The third kappa shape index (κ3) is 3.49. The number of nitrogens with zero attached hydrogens (tertiary/aromatic N) is 3. The highest BCUT2D eigenvalue weighted by Gasteiger charge is 2.17. The lowest BCUT2D eigenvalue weighted by molar-refractivity contribution is -0.384. The first-order chi connectivity index (χ1) is 13.1. The van der Waals surface area contributed by atoms with Crippen LogP contribution in [-0.2, 0) is 4.74 Å². The Morgan fingerprint density at radius 1 is 1.37 bits per heavy atom. The molecule has 2 aromatic heterocycles. The Morgan fingerprint density at radius 3 is 3.04 bits per heavy atom. The quantitative estimate of drug-likeness (QED) is 0.524. The standard InChI is InChI=1S/C18H17N5O4/c24-17-15-14(11-3-1-4-12(9-11)23(25)26)6-7-19-16(15)21-18(22-17)20-10-13-5-2-8-27-13/h1,3-4,6-7,9,13H,2,5,8,10H2,(H2,19,20,21,22,24). The van der Waals surface area contributed by atoms with Gasteiger partial charge in [-0.15, -0.1) is 0 Å². The second kappa shape index (κ2) is 7.12. The maximum Gasteiger partial charge on any atom is 0.270 e. The highest BCUT2D eigenvalue weighted by Crippen LogP contribution is 2.27. The van der Waals surface area contributed by atoms with Crippen LogP contribution in [0.2, 0.25) is 0 Å². The smallest absolute Gasteiger partial charge is 0.270 e. The molecule has 4 rings (SSSR count). The molecule has 138 valence electrons. The van der Waals surface area contributed by atoms with Gasteiger partial charge in [0.25, 0.3) is 11.2 Å². The second-order valence-corrected chi connectivity index (χ2v) is 6.30. The summed E-state index contributed by atoms with van der Waals surface area (Å²) >= 11 is 0. The molecule has 0 amide bonds. The first kappa shape index (κ1) is 17.1. The fourth-order valence-electron chi connectivity index (χ4n) is 3.19. The van der Waals surface area contributed by atoms with E-state index in [1.807, 2.05) is 0 Å². The number of hydrogen-bond donors (Lipinski definition) is 2. The lowest BCUT2D eigenvalue weighted by atomic mass is 10.0. The van der Waals surface area contributed by atoms with Crippen LogP contribution in [0.25, 0.3) is 22.2 Å². The van der Waals surface area contributed by atoms with Gasteiger partial charge in [0.1, 0.15) is 0 Å². The highest BCUT2D eigenvalue weighted by molar-refractivity contribution is 5.92.